The van der Waals surface area contributed by atoms with E-state index in [0.717, 1.165) is 5.56 Å². The van der Waals surface area contributed by atoms with Gasteiger partial charge >= 0.3 is 12.0 Å². The van der Waals surface area contributed by atoms with E-state index in [2.05, 4.69) is 10.1 Å². The molecule has 2 aliphatic rings. The largest absolute Gasteiger partial charge is 0.468 e. The van der Waals surface area contributed by atoms with Crippen LogP contribution >= 0.6 is 0 Å². The summed E-state index contributed by atoms with van der Waals surface area (Å²) in [5, 5.41) is 2.45. The second-order valence-corrected chi connectivity index (χ2v) is 9.17. The SMILES string of the molecule is COC(=O)CNC(=O)N1CCC2(CC1)N(Cc1ccccc1)C(=O)CS2(=O)=O. The van der Waals surface area contributed by atoms with Gasteiger partial charge in [0.2, 0.25) is 5.91 Å². The zero-order valence-electron chi connectivity index (χ0n) is 15.6. The number of carbonyl (C=O) groups excluding carboxylic acids is 3. The smallest absolute Gasteiger partial charge is 0.325 e. The highest BCUT2D eigenvalue weighted by Gasteiger charge is 2.58. The predicted octanol–water partition coefficient (Wildman–Crippen LogP) is 0.118. The van der Waals surface area contributed by atoms with E-state index < -0.39 is 38.4 Å². The highest BCUT2D eigenvalue weighted by molar-refractivity contribution is 7.93. The van der Waals surface area contributed by atoms with Crippen molar-refractivity contribution in [3.05, 3.63) is 35.9 Å². The summed E-state index contributed by atoms with van der Waals surface area (Å²) in [5.41, 5.74) is 0.852. The summed E-state index contributed by atoms with van der Waals surface area (Å²) in [6, 6.07) is 8.77. The number of amides is 3. The van der Waals surface area contributed by atoms with Crippen LogP contribution in [0.25, 0.3) is 0 Å². The molecule has 0 radical (unpaired) electrons. The number of methoxy groups -OCH3 is 1. The van der Waals surface area contributed by atoms with Gasteiger partial charge in [-0.25, -0.2) is 13.2 Å². The number of esters is 1. The van der Waals surface area contributed by atoms with E-state index in [1.165, 1.54) is 16.9 Å². The van der Waals surface area contributed by atoms with Crippen LogP contribution in [0.15, 0.2) is 30.3 Å². The molecule has 9 nitrogen and oxygen atoms in total. The highest BCUT2D eigenvalue weighted by Crippen LogP contribution is 2.40. The third-order valence-electron chi connectivity index (χ3n) is 5.31. The third kappa shape index (κ3) is 3.68. The number of urea groups is 1. The van der Waals surface area contributed by atoms with Gasteiger partial charge in [-0.15, -0.1) is 0 Å². The van der Waals surface area contributed by atoms with Crippen molar-refractivity contribution < 1.29 is 27.5 Å². The molecular formula is C18H23N3O6S. The second-order valence-electron chi connectivity index (χ2n) is 6.89. The zero-order chi connectivity index (χ0) is 20.4. The number of benzene rings is 1. The van der Waals surface area contributed by atoms with E-state index in [1.54, 1.807) is 0 Å². The predicted molar refractivity (Wildman–Crippen MR) is 99.7 cm³/mol. The standard InChI is InChI=1S/C18H23N3O6S/c1-27-16(23)11-19-17(24)20-9-7-18(8-10-20)21(15(22)13-28(18,25)26)12-14-5-3-2-4-6-14/h2-6H,7-13H2,1H3,(H,19,24). The fourth-order valence-electron chi connectivity index (χ4n) is 3.74. The van der Waals surface area contributed by atoms with Crippen molar-refractivity contribution in [1.82, 2.24) is 15.1 Å². The quantitative estimate of drug-likeness (QED) is 0.707. The van der Waals surface area contributed by atoms with Crippen molar-refractivity contribution in [2.24, 2.45) is 0 Å². The lowest BCUT2D eigenvalue weighted by molar-refractivity contribution is -0.139. The van der Waals surface area contributed by atoms with Gasteiger partial charge in [-0.05, 0) is 5.56 Å². The molecule has 0 atom stereocenters. The maximum absolute atomic E-state index is 12.8. The first kappa shape index (κ1) is 20.1. The number of nitrogens with zero attached hydrogens (tertiary/aromatic N) is 2. The Bertz CT molecular complexity index is 863. The Balaban J connectivity index is 1.73. The molecule has 0 bridgehead atoms. The first-order chi connectivity index (χ1) is 13.3. The van der Waals surface area contributed by atoms with Gasteiger partial charge < -0.3 is 19.9 Å². The van der Waals surface area contributed by atoms with Gasteiger partial charge in [-0.2, -0.15) is 0 Å². The number of rotatable bonds is 4. The molecule has 28 heavy (non-hydrogen) atoms. The molecule has 0 unspecified atom stereocenters. The van der Waals surface area contributed by atoms with E-state index in [1.807, 2.05) is 30.3 Å². The first-order valence-corrected chi connectivity index (χ1v) is 10.6. The summed E-state index contributed by atoms with van der Waals surface area (Å²) in [7, 11) is -2.44. The molecule has 3 rings (SSSR count). The lowest BCUT2D eigenvalue weighted by Crippen LogP contribution is -2.58. The van der Waals surface area contributed by atoms with Gasteiger partial charge in [-0.3, -0.25) is 9.59 Å². The Labute approximate surface area is 163 Å². The number of likely N-dealkylation sites (tertiary alicyclic amines) is 1. The normalized spacial score (nSPS) is 20.2. The number of hydrogen-bond acceptors (Lipinski definition) is 6. The van der Waals surface area contributed by atoms with Gasteiger partial charge in [0, 0.05) is 32.5 Å². The second kappa shape index (κ2) is 7.78. The summed E-state index contributed by atoms with van der Waals surface area (Å²) in [5.74, 6) is -1.48. The monoisotopic (exact) mass is 409 g/mol. The van der Waals surface area contributed by atoms with Gasteiger partial charge in [-0.1, -0.05) is 30.3 Å². The summed E-state index contributed by atoms with van der Waals surface area (Å²) < 4.78 is 30.2. The average molecular weight is 409 g/mol. The molecule has 0 aliphatic carbocycles. The zero-order valence-corrected chi connectivity index (χ0v) is 16.4. The third-order valence-corrected chi connectivity index (χ3v) is 7.73. The van der Waals surface area contributed by atoms with Crippen molar-refractivity contribution in [2.75, 3.05) is 32.5 Å². The fourth-order valence-corrected chi connectivity index (χ4v) is 5.80. The van der Waals surface area contributed by atoms with E-state index >= 15 is 0 Å². The van der Waals surface area contributed by atoms with Crippen molar-refractivity contribution in [3.63, 3.8) is 0 Å². The van der Waals surface area contributed by atoms with Crippen LogP contribution in [0.2, 0.25) is 0 Å². The van der Waals surface area contributed by atoms with Crippen molar-refractivity contribution in [3.8, 4) is 0 Å². The Kier molecular flexibility index (Phi) is 5.59. The molecule has 2 saturated heterocycles. The molecular weight excluding hydrogens is 386 g/mol. The van der Waals surface area contributed by atoms with E-state index in [0.29, 0.717) is 0 Å². The molecule has 3 amide bonds. The molecule has 1 N–H and O–H groups in total. The molecule has 1 spiro atoms. The van der Waals surface area contributed by atoms with Crippen LogP contribution in [-0.4, -0.2) is 73.5 Å². The van der Waals surface area contributed by atoms with Crippen LogP contribution in [0.5, 0.6) is 0 Å². The average Bonchev–Trinajstić information content (AvgIpc) is 2.87. The van der Waals surface area contributed by atoms with Crippen molar-refractivity contribution in [2.45, 2.75) is 24.3 Å². The number of piperidine rings is 1. The van der Waals surface area contributed by atoms with Crippen LogP contribution in [0.1, 0.15) is 18.4 Å². The first-order valence-electron chi connectivity index (χ1n) is 8.95. The van der Waals surface area contributed by atoms with Gasteiger partial charge in [0.15, 0.2) is 9.84 Å². The van der Waals surface area contributed by atoms with E-state index in [-0.39, 0.29) is 39.0 Å². The Morgan fingerprint density at radius 2 is 1.82 bits per heavy atom. The molecule has 0 aromatic heterocycles. The molecule has 2 heterocycles. The fraction of sp³-hybridized carbons (Fsp3) is 0.500. The van der Waals surface area contributed by atoms with Crippen LogP contribution in [0.4, 0.5) is 4.79 Å². The summed E-state index contributed by atoms with van der Waals surface area (Å²) in [4.78, 5) is 37.5. The molecule has 1 aromatic rings. The number of nitrogens with one attached hydrogen (secondary N) is 1. The molecule has 1 aromatic carbocycles. The topological polar surface area (TPSA) is 113 Å². The van der Waals surface area contributed by atoms with Crippen LogP contribution in [-0.2, 0) is 30.7 Å². The minimum Gasteiger partial charge on any atom is -0.468 e. The van der Waals surface area contributed by atoms with Gasteiger partial charge in [0.25, 0.3) is 0 Å². The Morgan fingerprint density at radius 3 is 2.43 bits per heavy atom. The van der Waals surface area contributed by atoms with Gasteiger partial charge in [0.05, 0.1) is 7.11 Å². The van der Waals surface area contributed by atoms with Crippen LogP contribution in [0.3, 0.4) is 0 Å². The summed E-state index contributed by atoms with van der Waals surface area (Å²) in [6.45, 7) is 0.303. The van der Waals surface area contributed by atoms with Crippen molar-refractivity contribution in [1.29, 1.82) is 0 Å². The van der Waals surface area contributed by atoms with E-state index in [9.17, 15) is 22.8 Å². The van der Waals surface area contributed by atoms with E-state index in [4.69, 9.17) is 0 Å². The number of ether oxygens (including phenoxy) is 1. The Morgan fingerprint density at radius 1 is 1.18 bits per heavy atom. The minimum absolute atomic E-state index is 0.138. The lowest BCUT2D eigenvalue weighted by Gasteiger charge is -2.43. The molecule has 0 saturated carbocycles. The van der Waals surface area contributed by atoms with Crippen LogP contribution < -0.4 is 5.32 Å². The number of hydrogen-bond donors (Lipinski definition) is 1. The summed E-state index contributed by atoms with van der Waals surface area (Å²) in [6.07, 6.45) is 0.277. The lowest BCUT2D eigenvalue weighted by atomic mass is 10.0. The van der Waals surface area contributed by atoms with Crippen molar-refractivity contribution >= 4 is 27.7 Å². The molecule has 152 valence electrons. The number of sulfone groups is 1. The summed E-state index contributed by atoms with van der Waals surface area (Å²) >= 11 is 0. The molecule has 2 aliphatic heterocycles. The molecule has 10 heteroatoms. The van der Waals surface area contributed by atoms with Gasteiger partial charge in [0.1, 0.15) is 17.2 Å². The Hall–Kier alpha value is -2.62. The maximum Gasteiger partial charge on any atom is 0.325 e. The molecule has 2 fully saturated rings. The van der Waals surface area contributed by atoms with Crippen LogP contribution in [0, 0.1) is 0 Å². The number of carbonyl (C=O) groups is 3. The highest BCUT2D eigenvalue weighted by atomic mass is 32.2. The minimum atomic E-state index is -3.66. The maximum atomic E-state index is 12.8.